The van der Waals surface area contributed by atoms with Crippen molar-refractivity contribution in [1.82, 2.24) is 0 Å². The topological polar surface area (TPSA) is 55.2 Å². The average molecular weight is 313 g/mol. The lowest BCUT2D eigenvalue weighted by atomic mass is 10.1. The fourth-order valence-electron chi connectivity index (χ4n) is 1.92. The highest BCUT2D eigenvalue weighted by molar-refractivity contribution is 6.32. The Bertz CT molecular complexity index is 695. The maximum Gasteiger partial charge on any atom is 0.289 e. The quantitative estimate of drug-likeness (QED) is 0.657. The summed E-state index contributed by atoms with van der Waals surface area (Å²) >= 11 is 5.71. The molecule has 0 amide bonds. The molecule has 0 spiro atoms. The number of benzene rings is 2. The molecule has 2 aromatic carbocycles. The Balaban J connectivity index is 2.27. The molecule has 2 aromatic rings. The summed E-state index contributed by atoms with van der Waals surface area (Å²) in [6, 6.07) is 6.72. The summed E-state index contributed by atoms with van der Waals surface area (Å²) in [4.78, 5) is 10.2. The summed E-state index contributed by atoms with van der Waals surface area (Å²) in [5.41, 5.74) is 0.267. The van der Waals surface area contributed by atoms with Gasteiger partial charge in [-0.15, -0.1) is 0 Å². The van der Waals surface area contributed by atoms with Crippen LogP contribution in [0.1, 0.15) is 18.5 Å². The molecule has 0 radical (unpaired) electrons. The Labute approximate surface area is 124 Å². The summed E-state index contributed by atoms with van der Waals surface area (Å²) in [6.07, 6.45) is 0. The predicted octanol–water partition coefficient (Wildman–Crippen LogP) is 4.70. The Kier molecular flexibility index (Phi) is 4.37. The largest absolute Gasteiger partial charge is 0.378 e. The maximum atomic E-state index is 13.7. The second-order valence-corrected chi connectivity index (χ2v) is 4.86. The van der Waals surface area contributed by atoms with Crippen LogP contribution >= 0.6 is 11.6 Å². The van der Waals surface area contributed by atoms with Crippen LogP contribution in [0.2, 0.25) is 5.02 Å². The van der Waals surface area contributed by atoms with E-state index in [0.717, 1.165) is 18.2 Å². The van der Waals surface area contributed by atoms with Gasteiger partial charge in [0.15, 0.2) is 0 Å². The van der Waals surface area contributed by atoms with E-state index in [1.807, 2.05) is 0 Å². The monoisotopic (exact) mass is 312 g/mol. The first-order valence-corrected chi connectivity index (χ1v) is 6.41. The number of nitrogens with zero attached hydrogens (tertiary/aromatic N) is 1. The standard InChI is InChI=1S/C14H11ClF2N2O2/c1-8(11-6-9(16)2-5-13(11)17)18-10-3-4-12(15)14(7-10)19(20)21/h2-8,18H,1H3. The molecular weight excluding hydrogens is 302 g/mol. The number of anilines is 1. The molecule has 0 heterocycles. The van der Waals surface area contributed by atoms with Gasteiger partial charge < -0.3 is 5.32 Å². The van der Waals surface area contributed by atoms with Crippen molar-refractivity contribution in [2.45, 2.75) is 13.0 Å². The zero-order chi connectivity index (χ0) is 15.6. The fraction of sp³-hybridized carbons (Fsp3) is 0.143. The minimum absolute atomic E-state index is 0.00939. The molecule has 0 aliphatic heterocycles. The number of hydrogen-bond donors (Lipinski definition) is 1. The number of rotatable bonds is 4. The van der Waals surface area contributed by atoms with E-state index >= 15 is 0 Å². The molecule has 0 aliphatic carbocycles. The van der Waals surface area contributed by atoms with Crippen LogP contribution in [0, 0.1) is 21.7 Å². The molecule has 21 heavy (non-hydrogen) atoms. The summed E-state index contributed by atoms with van der Waals surface area (Å²) in [5, 5.41) is 13.7. The van der Waals surface area contributed by atoms with Gasteiger partial charge in [-0.2, -0.15) is 0 Å². The Hall–Kier alpha value is -2.21. The molecular formula is C14H11ClF2N2O2. The maximum absolute atomic E-state index is 13.7. The molecule has 1 atom stereocenters. The lowest BCUT2D eigenvalue weighted by Gasteiger charge is -2.16. The van der Waals surface area contributed by atoms with Gasteiger partial charge in [-0.1, -0.05) is 11.6 Å². The molecule has 0 saturated carbocycles. The van der Waals surface area contributed by atoms with Crippen molar-refractivity contribution in [2.24, 2.45) is 0 Å². The number of nitro benzene ring substituents is 1. The van der Waals surface area contributed by atoms with Crippen LogP contribution in [0.4, 0.5) is 20.2 Å². The third-order valence-electron chi connectivity index (χ3n) is 2.95. The van der Waals surface area contributed by atoms with Crippen LogP contribution in [0.5, 0.6) is 0 Å². The van der Waals surface area contributed by atoms with Gasteiger partial charge in [0.05, 0.1) is 11.0 Å². The fourth-order valence-corrected chi connectivity index (χ4v) is 2.10. The van der Waals surface area contributed by atoms with Crippen LogP contribution in [0.15, 0.2) is 36.4 Å². The molecule has 0 fully saturated rings. The zero-order valence-electron chi connectivity index (χ0n) is 10.9. The van der Waals surface area contributed by atoms with E-state index in [1.54, 1.807) is 6.92 Å². The Morgan fingerprint density at radius 2 is 1.95 bits per heavy atom. The molecule has 110 valence electrons. The van der Waals surface area contributed by atoms with Crippen LogP contribution < -0.4 is 5.32 Å². The van der Waals surface area contributed by atoms with Crippen molar-refractivity contribution in [2.75, 3.05) is 5.32 Å². The highest BCUT2D eigenvalue weighted by atomic mass is 35.5. The summed E-state index contributed by atoms with van der Waals surface area (Å²) < 4.78 is 26.8. The molecule has 1 N–H and O–H groups in total. The highest BCUT2D eigenvalue weighted by Crippen LogP contribution is 2.29. The first-order valence-electron chi connectivity index (χ1n) is 6.04. The van der Waals surface area contributed by atoms with E-state index in [4.69, 9.17) is 11.6 Å². The smallest absolute Gasteiger partial charge is 0.289 e. The first kappa shape index (κ1) is 15.2. The molecule has 1 unspecified atom stereocenters. The van der Waals surface area contributed by atoms with E-state index in [2.05, 4.69) is 5.32 Å². The van der Waals surface area contributed by atoms with Crippen molar-refractivity contribution in [3.63, 3.8) is 0 Å². The molecule has 2 rings (SSSR count). The number of nitro groups is 1. The number of hydrogen-bond acceptors (Lipinski definition) is 3. The van der Waals surface area contributed by atoms with Crippen molar-refractivity contribution in [1.29, 1.82) is 0 Å². The third kappa shape index (κ3) is 3.46. The normalized spacial score (nSPS) is 12.0. The molecule has 7 heteroatoms. The lowest BCUT2D eigenvalue weighted by molar-refractivity contribution is -0.384. The second kappa shape index (κ2) is 6.05. The first-order chi connectivity index (χ1) is 9.88. The van der Waals surface area contributed by atoms with Gasteiger partial charge in [-0.3, -0.25) is 10.1 Å². The second-order valence-electron chi connectivity index (χ2n) is 4.46. The van der Waals surface area contributed by atoms with Crippen molar-refractivity contribution >= 4 is 23.0 Å². The average Bonchev–Trinajstić information content (AvgIpc) is 2.43. The SMILES string of the molecule is CC(Nc1ccc(Cl)c([N+](=O)[O-])c1)c1cc(F)ccc1F. The van der Waals surface area contributed by atoms with Crippen LogP contribution in [-0.2, 0) is 0 Å². The van der Waals surface area contributed by atoms with Gasteiger partial charge in [0, 0.05) is 17.3 Å². The van der Waals surface area contributed by atoms with Crippen molar-refractivity contribution in [3.8, 4) is 0 Å². The highest BCUT2D eigenvalue weighted by Gasteiger charge is 2.16. The zero-order valence-corrected chi connectivity index (χ0v) is 11.7. The minimum Gasteiger partial charge on any atom is -0.378 e. The van der Waals surface area contributed by atoms with Crippen LogP contribution in [-0.4, -0.2) is 4.92 Å². The van der Waals surface area contributed by atoms with Gasteiger partial charge in [-0.25, -0.2) is 8.78 Å². The van der Waals surface area contributed by atoms with Crippen molar-refractivity contribution < 1.29 is 13.7 Å². The van der Waals surface area contributed by atoms with Crippen LogP contribution in [0.25, 0.3) is 0 Å². The van der Waals surface area contributed by atoms with E-state index in [-0.39, 0.29) is 16.3 Å². The third-order valence-corrected chi connectivity index (χ3v) is 3.27. The molecule has 0 aromatic heterocycles. The predicted molar refractivity (Wildman–Crippen MR) is 76.5 cm³/mol. The summed E-state index contributed by atoms with van der Waals surface area (Å²) in [6.45, 7) is 1.62. The molecule has 0 saturated heterocycles. The molecule has 0 aliphatic rings. The van der Waals surface area contributed by atoms with E-state index < -0.39 is 22.6 Å². The van der Waals surface area contributed by atoms with E-state index in [9.17, 15) is 18.9 Å². The van der Waals surface area contributed by atoms with Gasteiger partial charge in [0.1, 0.15) is 16.7 Å². The van der Waals surface area contributed by atoms with Gasteiger partial charge in [0.25, 0.3) is 5.69 Å². The van der Waals surface area contributed by atoms with Gasteiger partial charge >= 0.3 is 0 Å². The minimum atomic E-state index is -0.610. The summed E-state index contributed by atoms with van der Waals surface area (Å²) in [7, 11) is 0. The van der Waals surface area contributed by atoms with Gasteiger partial charge in [-0.05, 0) is 37.3 Å². The van der Waals surface area contributed by atoms with E-state index in [0.29, 0.717) is 5.69 Å². The lowest BCUT2D eigenvalue weighted by Crippen LogP contribution is -2.09. The molecule has 4 nitrogen and oxygen atoms in total. The Morgan fingerprint density at radius 3 is 2.62 bits per heavy atom. The molecule has 0 bridgehead atoms. The van der Waals surface area contributed by atoms with Gasteiger partial charge in [0.2, 0.25) is 0 Å². The summed E-state index contributed by atoms with van der Waals surface area (Å²) in [5.74, 6) is -1.11. The van der Waals surface area contributed by atoms with Crippen LogP contribution in [0.3, 0.4) is 0 Å². The Morgan fingerprint density at radius 1 is 1.24 bits per heavy atom. The number of nitrogens with one attached hydrogen (secondary N) is 1. The van der Waals surface area contributed by atoms with E-state index in [1.165, 1.54) is 18.2 Å². The number of halogens is 3. The van der Waals surface area contributed by atoms with Crippen molar-refractivity contribution in [3.05, 3.63) is 68.7 Å².